The molecule has 4 aromatic heterocycles. The Morgan fingerprint density at radius 1 is 0.667 bits per heavy atom. The molecule has 11 rings (SSSR count). The summed E-state index contributed by atoms with van der Waals surface area (Å²) in [7, 11) is 0. The van der Waals surface area contributed by atoms with Crippen LogP contribution in [0.3, 0.4) is 0 Å². The maximum absolute atomic E-state index is 8.76. The Kier molecular flexibility index (Phi) is 11.5. The summed E-state index contributed by atoms with van der Waals surface area (Å²) < 4.78 is 22.1. The number of hydrogen-bond acceptors (Lipinski definition) is 4. The number of rotatable bonds is 5. The third-order valence-corrected chi connectivity index (χ3v) is 17.5. The minimum Gasteiger partial charge on any atom is 0 e. The Hall–Kier alpha value is -5.50. The van der Waals surface area contributed by atoms with Crippen LogP contribution in [0, 0.1) is 17.5 Å². The molecule has 7 heteroatoms. The summed E-state index contributed by atoms with van der Waals surface area (Å²) in [6, 6.07) is 55.7. The molecule has 4 nitrogen and oxygen atoms in total. The molecule has 0 aliphatic heterocycles. The van der Waals surface area contributed by atoms with Gasteiger partial charge in [0.15, 0.2) is 0 Å². The fourth-order valence-electron chi connectivity index (χ4n) is 8.96. The number of imidazole rings is 1. The molecule has 1 radical (unpaired) electrons. The van der Waals surface area contributed by atoms with Gasteiger partial charge in [0.05, 0.1) is 16.9 Å². The van der Waals surface area contributed by atoms with Crippen LogP contribution in [-0.2, 0) is 31.9 Å². The minimum absolute atomic E-state index is 0. The van der Waals surface area contributed by atoms with Crippen LogP contribution < -0.4 is 4.40 Å². The van der Waals surface area contributed by atoms with Gasteiger partial charge in [0, 0.05) is 48.1 Å². The van der Waals surface area contributed by atoms with E-state index in [1.54, 1.807) is 11.3 Å². The number of aromatic nitrogens is 4. The Morgan fingerprint density at radius 3 is 2.09 bits per heavy atom. The molecule has 0 saturated carbocycles. The van der Waals surface area contributed by atoms with Crippen LogP contribution in [0.5, 0.6) is 0 Å². The zero-order valence-electron chi connectivity index (χ0n) is 41.0. The van der Waals surface area contributed by atoms with Crippen LogP contribution in [0.25, 0.3) is 92.0 Å². The maximum Gasteiger partial charge on any atom is 0 e. The molecule has 0 spiro atoms. The van der Waals surface area contributed by atoms with Gasteiger partial charge in [-0.1, -0.05) is 111 Å². The van der Waals surface area contributed by atoms with Crippen LogP contribution in [0.4, 0.5) is 0 Å². The predicted molar refractivity (Wildman–Crippen MR) is 282 cm³/mol. The van der Waals surface area contributed by atoms with Gasteiger partial charge in [-0.3, -0.25) is 4.98 Å². The van der Waals surface area contributed by atoms with Crippen molar-refractivity contribution in [2.45, 2.75) is 70.6 Å². The smallest absolute Gasteiger partial charge is 0 e. The molecule has 0 bridgehead atoms. The number of benzene rings is 7. The van der Waals surface area contributed by atoms with Crippen LogP contribution in [-0.4, -0.2) is 32.8 Å². The van der Waals surface area contributed by atoms with E-state index in [4.69, 9.17) is 12.7 Å². The average molecular weight is 1120 g/mol. The van der Waals surface area contributed by atoms with E-state index < -0.39 is 25.1 Å². The molecule has 0 atom stereocenters. The molecule has 0 saturated heterocycles. The zero-order chi connectivity index (χ0) is 47.0. The van der Waals surface area contributed by atoms with Gasteiger partial charge >= 0.3 is 135 Å². The molecule has 0 N–H and O–H groups in total. The van der Waals surface area contributed by atoms with Gasteiger partial charge in [-0.2, -0.15) is 11.3 Å². The van der Waals surface area contributed by atoms with Gasteiger partial charge < -0.3 is 4.57 Å². The first-order valence-electron chi connectivity index (χ1n) is 23.4. The molecule has 0 fully saturated rings. The van der Waals surface area contributed by atoms with Crippen LogP contribution >= 0.6 is 11.3 Å². The normalized spacial score (nSPS) is 12.9. The van der Waals surface area contributed by atoms with E-state index in [1.165, 1.54) is 37.9 Å². The standard InChI is InChI=1S/C40H28N3S.C19H26GeN.Ir/c1-40(2,3)26-16-18-27(19-17-26)43-34-22-21-30-28-11-6-4-9-24(28)15-20-31(30)36(34)42-38(43)33-14-8-13-32-35-29-12-7-5-10-25(29)23-41-39(35)44-37(32)33;1-19(2,3)13-16-12-18(15-10-8-7-9-11-15)21-14-17(16)20(4,5)6;/h4-13,15-23H,1-3H3;7-10,12,14H,13H2,1-6H3;/q2*-1;/i;13D2;. The molecular formula is C59H54GeIrN4S-2. The summed E-state index contributed by atoms with van der Waals surface area (Å²) in [5, 5.41) is 9.63. The van der Waals surface area contributed by atoms with Crippen molar-refractivity contribution >= 4 is 92.7 Å². The third kappa shape index (κ3) is 8.65. The Morgan fingerprint density at radius 2 is 1.38 bits per heavy atom. The molecule has 7 aromatic carbocycles. The van der Waals surface area contributed by atoms with Crippen molar-refractivity contribution in [3.8, 4) is 28.3 Å². The van der Waals surface area contributed by atoms with E-state index in [9.17, 15) is 0 Å². The third-order valence-electron chi connectivity index (χ3n) is 12.2. The summed E-state index contributed by atoms with van der Waals surface area (Å²) in [6.45, 7) is 12.6. The van der Waals surface area contributed by atoms with Crippen molar-refractivity contribution in [2.75, 3.05) is 0 Å². The number of thiophene rings is 1. The van der Waals surface area contributed by atoms with Crippen LogP contribution in [0.15, 0.2) is 152 Å². The van der Waals surface area contributed by atoms with E-state index in [0.29, 0.717) is 0 Å². The van der Waals surface area contributed by atoms with Crippen molar-refractivity contribution < 1.29 is 22.8 Å². The fourth-order valence-corrected chi connectivity index (χ4v) is 13.0. The molecule has 0 amide bonds. The Labute approximate surface area is 411 Å². The SMILES string of the molecule is CC(C)(C)c1ccc(-n2c(-c3[c-]ccc4c3sc3ncc5ccccc5c34)nc3c4ccc5ccccc5c4ccc32)cc1.[2H]C([2H])(c1cc(-c2[c-]cccc2)nc[c]1[Ge]([CH3])([CH3])[CH3])C(C)(C)C.[Ir]. The zero-order valence-corrected chi connectivity index (χ0v) is 44.3. The Bertz CT molecular complexity index is 3670. The van der Waals surface area contributed by atoms with Crippen molar-refractivity contribution in [2.24, 2.45) is 5.41 Å². The summed E-state index contributed by atoms with van der Waals surface area (Å²) in [6.07, 6.45) is 2.49. The summed E-state index contributed by atoms with van der Waals surface area (Å²) in [5.41, 5.74) is 7.58. The van der Waals surface area contributed by atoms with Gasteiger partial charge in [-0.25, -0.2) is 4.98 Å². The fraction of sp³-hybridized carbons (Fsp3) is 0.203. The first-order valence-corrected chi connectivity index (χ1v) is 30.6. The summed E-state index contributed by atoms with van der Waals surface area (Å²) in [4.78, 5) is 16.0. The van der Waals surface area contributed by atoms with Crippen LogP contribution in [0.1, 0.15) is 55.4 Å². The molecule has 4 heterocycles. The molecule has 66 heavy (non-hydrogen) atoms. The van der Waals surface area contributed by atoms with E-state index in [-0.39, 0.29) is 25.5 Å². The Balaban J connectivity index is 0.000000205. The molecule has 0 aliphatic carbocycles. The van der Waals surface area contributed by atoms with Gasteiger partial charge in [0.2, 0.25) is 0 Å². The van der Waals surface area contributed by atoms with Gasteiger partial charge in [-0.05, 0) is 55.4 Å². The first kappa shape index (κ1) is 43.1. The molecule has 0 aliphatic rings. The van der Waals surface area contributed by atoms with Gasteiger partial charge in [0.1, 0.15) is 4.83 Å². The van der Waals surface area contributed by atoms with Crippen molar-refractivity contribution in [1.82, 2.24) is 19.5 Å². The first-order chi connectivity index (χ1) is 31.9. The number of fused-ring (bicyclic) bond motifs is 10. The largest absolute Gasteiger partial charge is 0 e. The minimum atomic E-state index is -2.24. The monoisotopic (exact) mass is 1120 g/mol. The predicted octanol–water partition coefficient (Wildman–Crippen LogP) is 15.7. The second-order valence-corrected chi connectivity index (χ2v) is 31.7. The van der Waals surface area contributed by atoms with Crippen molar-refractivity contribution in [3.63, 3.8) is 0 Å². The second-order valence-electron chi connectivity index (χ2n) is 20.1. The number of pyridine rings is 2. The molecule has 0 unspecified atom stereocenters. The molecule has 11 aromatic rings. The quantitative estimate of drug-likeness (QED) is 0.0980. The van der Waals surface area contributed by atoms with Gasteiger partial charge in [-0.15, -0.1) is 18.2 Å². The van der Waals surface area contributed by atoms with E-state index in [2.05, 4.69) is 163 Å². The van der Waals surface area contributed by atoms with Crippen molar-refractivity contribution in [1.29, 1.82) is 0 Å². The summed E-state index contributed by atoms with van der Waals surface area (Å²) >= 11 is -0.513. The summed E-state index contributed by atoms with van der Waals surface area (Å²) in [5.74, 6) is 7.75. The average Bonchev–Trinajstić information content (AvgIpc) is 3.90. The van der Waals surface area contributed by atoms with E-state index in [1.807, 2.05) is 69.6 Å². The van der Waals surface area contributed by atoms with E-state index >= 15 is 0 Å². The number of hydrogen-bond donors (Lipinski definition) is 0. The number of nitrogens with zero attached hydrogens (tertiary/aromatic N) is 4. The molecule has 331 valence electrons. The van der Waals surface area contributed by atoms with Crippen molar-refractivity contribution in [3.05, 3.63) is 175 Å². The second kappa shape index (κ2) is 17.6. The maximum atomic E-state index is 8.76. The van der Waals surface area contributed by atoms with Crippen LogP contribution in [0.2, 0.25) is 17.3 Å². The van der Waals surface area contributed by atoms with E-state index in [0.717, 1.165) is 69.6 Å². The topological polar surface area (TPSA) is 43.6 Å². The van der Waals surface area contributed by atoms with Gasteiger partial charge in [0.25, 0.3) is 0 Å². The molecular weight excluding hydrogens is 1060 g/mol.